The Morgan fingerprint density at radius 1 is 1.13 bits per heavy atom. The summed E-state index contributed by atoms with van der Waals surface area (Å²) in [5.41, 5.74) is 0.255. The van der Waals surface area contributed by atoms with Crippen molar-refractivity contribution in [2.24, 2.45) is 5.92 Å². The van der Waals surface area contributed by atoms with Crippen LogP contribution in [0.3, 0.4) is 0 Å². The maximum absolute atomic E-state index is 14.3. The van der Waals surface area contributed by atoms with Crippen LogP contribution in [0.5, 0.6) is 5.75 Å². The fourth-order valence-electron chi connectivity index (χ4n) is 5.39. The Labute approximate surface area is 279 Å². The molecule has 0 unspecified atom stereocenters. The molecule has 0 fully saturated rings. The van der Waals surface area contributed by atoms with E-state index in [1.54, 1.807) is 24.9 Å². The van der Waals surface area contributed by atoms with Crippen molar-refractivity contribution >= 4 is 27.5 Å². The number of nitrogens with one attached hydrogen (secondary N) is 1. The van der Waals surface area contributed by atoms with Crippen molar-refractivity contribution in [2.45, 2.75) is 76.0 Å². The number of carbonyl (C=O) groups is 2. The van der Waals surface area contributed by atoms with E-state index in [1.807, 2.05) is 32.8 Å². The van der Waals surface area contributed by atoms with Crippen LogP contribution in [0.25, 0.3) is 0 Å². The molecule has 1 aliphatic rings. The molecule has 0 spiro atoms. The topological polar surface area (TPSA) is 129 Å². The van der Waals surface area contributed by atoms with Gasteiger partial charge >= 0.3 is 0 Å². The van der Waals surface area contributed by atoms with Gasteiger partial charge < -0.3 is 29.3 Å². The van der Waals surface area contributed by atoms with E-state index in [0.717, 1.165) is 50.1 Å². The first kappa shape index (κ1) is 38.2. The lowest BCUT2D eigenvalue weighted by atomic mass is 10.0. The molecule has 0 saturated heterocycles. The highest BCUT2D eigenvalue weighted by atomic mass is 32.2. The molecule has 262 valence electrons. The molecule has 11 nitrogen and oxygen atoms in total. The monoisotopic (exact) mass is 678 g/mol. The van der Waals surface area contributed by atoms with Gasteiger partial charge in [-0.1, -0.05) is 6.92 Å². The first-order chi connectivity index (χ1) is 22.2. The molecule has 2 aromatic rings. The Hall–Kier alpha value is -3.26. The zero-order chi connectivity index (χ0) is 34.7. The van der Waals surface area contributed by atoms with E-state index in [2.05, 4.69) is 4.72 Å². The van der Waals surface area contributed by atoms with Crippen molar-refractivity contribution in [3.05, 3.63) is 53.8 Å². The molecule has 4 atom stereocenters. The molecule has 13 heteroatoms. The van der Waals surface area contributed by atoms with E-state index in [-0.39, 0.29) is 53.3 Å². The van der Waals surface area contributed by atoms with E-state index in [1.165, 1.54) is 17.0 Å². The number of fused-ring (bicyclic) bond motifs is 1. The van der Waals surface area contributed by atoms with Crippen molar-refractivity contribution in [3.63, 3.8) is 0 Å². The summed E-state index contributed by atoms with van der Waals surface area (Å²) in [5, 5.41) is 10.2. The molecule has 1 aliphatic heterocycles. The van der Waals surface area contributed by atoms with Crippen LogP contribution < -0.4 is 9.46 Å². The summed E-state index contributed by atoms with van der Waals surface area (Å²) in [5.74, 6) is -0.925. The number of halogens is 1. The van der Waals surface area contributed by atoms with Crippen molar-refractivity contribution in [1.29, 1.82) is 0 Å². The minimum Gasteiger partial charge on any atom is -0.490 e. The molecule has 1 heterocycles. The van der Waals surface area contributed by atoms with Crippen molar-refractivity contribution in [3.8, 4) is 5.75 Å². The first-order valence-corrected chi connectivity index (χ1v) is 17.7. The number of amides is 2. The zero-order valence-electron chi connectivity index (χ0n) is 28.4. The standard InChI is InChI=1S/C34H51FN4O7S/c1-24-21-39(25(2)23-40)34(42)30-20-28(36-47(43,44)29-15-12-27(35)13-16-29)14-17-31(30)46-26(3)10-7-8-19-45-32(24)22-38(6)33(41)11-9-18-37(4)5/h12-17,20,24-26,32,36,40H,7-11,18-19,21-23H2,1-6H3/t24-,25-,26+,32-/m0/s1. The lowest BCUT2D eigenvalue weighted by Gasteiger charge is -2.36. The number of aliphatic hydroxyl groups excluding tert-OH is 1. The Balaban J connectivity index is 1.93. The molecule has 0 bridgehead atoms. The van der Waals surface area contributed by atoms with Crippen molar-refractivity contribution < 1.29 is 37.0 Å². The highest BCUT2D eigenvalue weighted by Gasteiger charge is 2.31. The number of sulfonamides is 1. The predicted octanol–water partition coefficient (Wildman–Crippen LogP) is 4.22. The highest BCUT2D eigenvalue weighted by molar-refractivity contribution is 7.92. The maximum atomic E-state index is 14.3. The molecule has 3 rings (SSSR count). The molecular weight excluding hydrogens is 627 g/mol. The molecule has 0 saturated carbocycles. The van der Waals surface area contributed by atoms with E-state index in [0.29, 0.717) is 31.7 Å². The van der Waals surface area contributed by atoms with Gasteiger partial charge in [0, 0.05) is 44.8 Å². The van der Waals surface area contributed by atoms with Crippen LogP contribution >= 0.6 is 0 Å². The average Bonchev–Trinajstić information content (AvgIpc) is 3.02. The largest absolute Gasteiger partial charge is 0.490 e. The fraction of sp³-hybridized carbons (Fsp3) is 0.588. The van der Waals surface area contributed by atoms with E-state index >= 15 is 0 Å². The summed E-state index contributed by atoms with van der Waals surface area (Å²) in [6.45, 7) is 7.14. The third-order valence-electron chi connectivity index (χ3n) is 8.30. The first-order valence-electron chi connectivity index (χ1n) is 16.2. The number of ether oxygens (including phenoxy) is 2. The fourth-order valence-corrected chi connectivity index (χ4v) is 6.44. The Kier molecular flexibility index (Phi) is 14.4. The van der Waals surface area contributed by atoms with Crippen molar-refractivity contribution in [1.82, 2.24) is 14.7 Å². The maximum Gasteiger partial charge on any atom is 0.261 e. The van der Waals surface area contributed by atoms with Gasteiger partial charge in [0.25, 0.3) is 15.9 Å². The third-order valence-corrected chi connectivity index (χ3v) is 9.70. The normalized spacial score (nSPS) is 20.6. The molecule has 0 aliphatic carbocycles. The molecule has 2 amide bonds. The van der Waals surface area contributed by atoms with Crippen LogP contribution in [0.1, 0.15) is 63.2 Å². The number of hydrogen-bond acceptors (Lipinski definition) is 8. The molecular formula is C34H51FN4O7S. The number of likely N-dealkylation sites (N-methyl/N-ethyl adjacent to an activating group) is 1. The lowest BCUT2D eigenvalue weighted by Crippen LogP contribution is -2.48. The summed E-state index contributed by atoms with van der Waals surface area (Å²) in [7, 11) is 1.62. The van der Waals surface area contributed by atoms with Crippen LogP contribution in [-0.4, -0.2) is 112 Å². The lowest BCUT2D eigenvalue weighted by molar-refractivity contribution is -0.132. The number of nitrogens with zero attached hydrogens (tertiary/aromatic N) is 3. The Morgan fingerprint density at radius 3 is 2.49 bits per heavy atom. The molecule has 0 radical (unpaired) electrons. The van der Waals surface area contributed by atoms with Crippen LogP contribution in [-0.2, 0) is 19.6 Å². The smallest absolute Gasteiger partial charge is 0.261 e. The number of hydrogen-bond donors (Lipinski definition) is 2. The van der Waals surface area contributed by atoms with E-state index < -0.39 is 27.8 Å². The second-order valence-electron chi connectivity index (χ2n) is 12.8. The molecule has 0 aromatic heterocycles. The van der Waals surface area contributed by atoms with Crippen molar-refractivity contribution in [2.75, 3.05) is 58.7 Å². The summed E-state index contributed by atoms with van der Waals surface area (Å²) >= 11 is 0. The van der Waals surface area contributed by atoms with Gasteiger partial charge in [0.15, 0.2) is 0 Å². The van der Waals surface area contributed by atoms with E-state index in [4.69, 9.17) is 9.47 Å². The second kappa shape index (κ2) is 17.8. The van der Waals surface area contributed by atoms with Gasteiger partial charge in [0.1, 0.15) is 11.6 Å². The summed E-state index contributed by atoms with van der Waals surface area (Å²) < 4.78 is 54.6. The minimum atomic E-state index is -4.09. The number of anilines is 1. The molecule has 47 heavy (non-hydrogen) atoms. The number of aliphatic hydroxyl groups is 1. The Morgan fingerprint density at radius 2 is 1.83 bits per heavy atom. The summed E-state index contributed by atoms with van der Waals surface area (Å²) in [6.07, 6.45) is 2.83. The number of benzene rings is 2. The van der Waals surface area contributed by atoms with Gasteiger partial charge in [0.2, 0.25) is 5.91 Å². The summed E-state index contributed by atoms with van der Waals surface area (Å²) in [4.78, 5) is 32.4. The molecule has 2 aromatic carbocycles. The molecule has 2 N–H and O–H groups in total. The van der Waals surface area contributed by atoms with Gasteiger partial charge in [-0.25, -0.2) is 12.8 Å². The van der Waals surface area contributed by atoms with Crippen LogP contribution in [0, 0.1) is 11.7 Å². The SMILES string of the molecule is C[C@@H]1CCCCO[C@@H](CN(C)C(=O)CCCN(C)C)[C@@H](C)CN([C@@H](C)CO)C(=O)c2cc(NS(=O)(=O)c3ccc(F)cc3)ccc2O1. The van der Waals surface area contributed by atoms with Gasteiger partial charge in [-0.15, -0.1) is 0 Å². The number of rotatable bonds is 11. The van der Waals surface area contributed by atoms with Crippen LogP contribution in [0.2, 0.25) is 0 Å². The quantitative estimate of drug-likeness (QED) is 0.362. The minimum absolute atomic E-state index is 0.0224. The van der Waals surface area contributed by atoms with Gasteiger partial charge in [-0.05, 0) is 103 Å². The average molecular weight is 679 g/mol. The van der Waals surface area contributed by atoms with Crippen LogP contribution in [0.15, 0.2) is 47.4 Å². The second-order valence-corrected chi connectivity index (χ2v) is 14.4. The highest BCUT2D eigenvalue weighted by Crippen LogP contribution is 2.29. The zero-order valence-corrected chi connectivity index (χ0v) is 29.3. The van der Waals surface area contributed by atoms with E-state index in [9.17, 15) is 27.5 Å². The predicted molar refractivity (Wildman–Crippen MR) is 180 cm³/mol. The Bertz CT molecular complexity index is 1420. The van der Waals surface area contributed by atoms with Gasteiger partial charge in [-0.2, -0.15) is 0 Å². The van der Waals surface area contributed by atoms with Gasteiger partial charge in [-0.3, -0.25) is 14.3 Å². The van der Waals surface area contributed by atoms with Crippen LogP contribution in [0.4, 0.5) is 10.1 Å². The summed E-state index contributed by atoms with van der Waals surface area (Å²) in [6, 6.07) is 8.34. The third kappa shape index (κ3) is 11.4. The van der Waals surface area contributed by atoms with Gasteiger partial charge in [0.05, 0.1) is 35.3 Å². The number of carbonyl (C=O) groups excluding carboxylic acids is 2.